The number of aliphatic imine (C=N–C) groups is 1. The van der Waals surface area contributed by atoms with Gasteiger partial charge < -0.3 is 13.9 Å². The van der Waals surface area contributed by atoms with Crippen molar-refractivity contribution in [2.75, 3.05) is 13.7 Å². The van der Waals surface area contributed by atoms with E-state index in [1.54, 1.807) is 32.4 Å². The fourth-order valence-corrected chi connectivity index (χ4v) is 2.37. The number of hydrogen-bond acceptors (Lipinski definition) is 5. The Hall–Kier alpha value is -3.34. The van der Waals surface area contributed by atoms with Crippen LogP contribution in [0.15, 0.2) is 70.1 Å². The predicted octanol–water partition coefficient (Wildman–Crippen LogP) is 4.88. The van der Waals surface area contributed by atoms with E-state index in [4.69, 9.17) is 13.9 Å². The molecule has 5 heteroatoms. The third kappa shape index (κ3) is 4.19. The molecule has 5 nitrogen and oxygen atoms in total. The zero-order valence-corrected chi connectivity index (χ0v) is 14.6. The van der Waals surface area contributed by atoms with E-state index in [0.29, 0.717) is 23.7 Å². The van der Waals surface area contributed by atoms with Crippen molar-refractivity contribution >= 4 is 17.9 Å². The Morgan fingerprint density at radius 2 is 1.77 bits per heavy atom. The maximum Gasteiger partial charge on any atom is 0.338 e. The lowest BCUT2D eigenvalue weighted by Crippen LogP contribution is -2.03. The molecule has 1 heterocycles. The number of carbonyl (C=O) groups excluding carboxylic acids is 1. The summed E-state index contributed by atoms with van der Waals surface area (Å²) >= 11 is 0. The van der Waals surface area contributed by atoms with Crippen LogP contribution in [-0.4, -0.2) is 25.9 Å². The monoisotopic (exact) mass is 349 g/mol. The molecule has 0 saturated heterocycles. The minimum atomic E-state index is -0.328. The summed E-state index contributed by atoms with van der Waals surface area (Å²) in [5.41, 5.74) is 2.20. The average molecular weight is 349 g/mol. The number of rotatable bonds is 6. The van der Waals surface area contributed by atoms with Crippen molar-refractivity contribution in [1.82, 2.24) is 0 Å². The van der Waals surface area contributed by atoms with E-state index in [9.17, 15) is 4.79 Å². The third-order valence-corrected chi connectivity index (χ3v) is 3.72. The van der Waals surface area contributed by atoms with Crippen molar-refractivity contribution in [2.45, 2.75) is 6.92 Å². The highest BCUT2D eigenvalue weighted by molar-refractivity contribution is 5.90. The van der Waals surface area contributed by atoms with Crippen LogP contribution in [0, 0.1) is 0 Å². The number of methoxy groups -OCH3 is 1. The Kier molecular flexibility index (Phi) is 5.49. The van der Waals surface area contributed by atoms with Crippen molar-refractivity contribution < 1.29 is 18.7 Å². The topological polar surface area (TPSA) is 61.0 Å². The van der Waals surface area contributed by atoms with E-state index < -0.39 is 0 Å². The Morgan fingerprint density at radius 3 is 2.42 bits per heavy atom. The lowest BCUT2D eigenvalue weighted by Gasteiger charge is -2.02. The van der Waals surface area contributed by atoms with Crippen molar-refractivity contribution in [3.05, 3.63) is 72.0 Å². The molecule has 1 aromatic heterocycles. The summed E-state index contributed by atoms with van der Waals surface area (Å²) in [6.45, 7) is 2.14. The molecule has 3 aromatic rings. The fourth-order valence-electron chi connectivity index (χ4n) is 2.37. The number of benzene rings is 2. The molecule has 0 radical (unpaired) electrons. The van der Waals surface area contributed by atoms with E-state index in [1.165, 1.54) is 0 Å². The van der Waals surface area contributed by atoms with Crippen LogP contribution in [-0.2, 0) is 4.74 Å². The van der Waals surface area contributed by atoms with Gasteiger partial charge in [0.15, 0.2) is 0 Å². The molecular formula is C21H19NO4. The molecule has 0 fully saturated rings. The number of hydrogen-bond donors (Lipinski definition) is 0. The molecule has 0 amide bonds. The van der Waals surface area contributed by atoms with E-state index in [1.807, 2.05) is 48.5 Å². The summed E-state index contributed by atoms with van der Waals surface area (Å²) in [5, 5.41) is 0. The summed E-state index contributed by atoms with van der Waals surface area (Å²) in [6.07, 6.45) is 1.66. The van der Waals surface area contributed by atoms with Crippen molar-refractivity contribution in [1.29, 1.82) is 0 Å². The lowest BCUT2D eigenvalue weighted by molar-refractivity contribution is 0.0526. The normalized spacial score (nSPS) is 10.8. The molecule has 0 unspecified atom stereocenters. The third-order valence-electron chi connectivity index (χ3n) is 3.72. The first-order valence-electron chi connectivity index (χ1n) is 8.25. The van der Waals surface area contributed by atoms with Gasteiger partial charge in [-0.3, -0.25) is 4.99 Å². The molecule has 0 aliphatic heterocycles. The first-order valence-corrected chi connectivity index (χ1v) is 8.25. The molecule has 26 heavy (non-hydrogen) atoms. The van der Waals surface area contributed by atoms with Gasteiger partial charge in [0.2, 0.25) is 0 Å². The van der Waals surface area contributed by atoms with E-state index in [2.05, 4.69) is 4.99 Å². The molecule has 0 bridgehead atoms. The van der Waals surface area contributed by atoms with Crippen LogP contribution in [0.2, 0.25) is 0 Å². The number of nitrogens with zero attached hydrogens (tertiary/aromatic N) is 1. The van der Waals surface area contributed by atoms with Gasteiger partial charge >= 0.3 is 5.97 Å². The zero-order valence-electron chi connectivity index (χ0n) is 14.6. The van der Waals surface area contributed by atoms with Crippen molar-refractivity contribution in [2.24, 2.45) is 4.99 Å². The van der Waals surface area contributed by atoms with Crippen LogP contribution in [0.25, 0.3) is 11.3 Å². The largest absolute Gasteiger partial charge is 0.497 e. The molecule has 0 atom stereocenters. The Morgan fingerprint density at radius 1 is 1.04 bits per heavy atom. The summed E-state index contributed by atoms with van der Waals surface area (Å²) in [5.74, 6) is 1.81. The Labute approximate surface area is 151 Å². The van der Waals surface area contributed by atoms with Gasteiger partial charge in [-0.05, 0) is 55.5 Å². The second-order valence-electron chi connectivity index (χ2n) is 5.46. The first kappa shape index (κ1) is 17.5. The smallest absolute Gasteiger partial charge is 0.338 e. The first-order chi connectivity index (χ1) is 12.7. The minimum absolute atomic E-state index is 0.328. The second-order valence-corrected chi connectivity index (χ2v) is 5.46. The van der Waals surface area contributed by atoms with Gasteiger partial charge in [-0.1, -0.05) is 12.1 Å². The van der Waals surface area contributed by atoms with E-state index in [0.717, 1.165) is 17.0 Å². The number of carbonyl (C=O) groups is 1. The average Bonchev–Trinajstić information content (AvgIpc) is 3.16. The predicted molar refractivity (Wildman–Crippen MR) is 100 cm³/mol. The van der Waals surface area contributed by atoms with Gasteiger partial charge in [-0.2, -0.15) is 0 Å². The molecule has 0 aliphatic carbocycles. The molecule has 3 rings (SSSR count). The number of esters is 1. The summed E-state index contributed by atoms with van der Waals surface area (Å²) < 4.78 is 15.9. The van der Waals surface area contributed by atoms with E-state index >= 15 is 0 Å². The number of ether oxygens (including phenoxy) is 2. The van der Waals surface area contributed by atoms with Crippen LogP contribution >= 0.6 is 0 Å². The highest BCUT2D eigenvalue weighted by atomic mass is 16.5. The van der Waals surface area contributed by atoms with Gasteiger partial charge in [-0.25, -0.2) is 4.79 Å². The molecule has 0 saturated carbocycles. The van der Waals surface area contributed by atoms with E-state index in [-0.39, 0.29) is 5.97 Å². The maximum absolute atomic E-state index is 11.7. The second kappa shape index (κ2) is 8.16. The highest BCUT2D eigenvalue weighted by Crippen LogP contribution is 2.23. The minimum Gasteiger partial charge on any atom is -0.497 e. The molecule has 0 spiro atoms. The molecular weight excluding hydrogens is 330 g/mol. The number of furan rings is 1. The summed E-state index contributed by atoms with van der Waals surface area (Å²) in [7, 11) is 1.63. The quantitative estimate of drug-likeness (QED) is 0.470. The fraction of sp³-hybridized carbons (Fsp3) is 0.143. The van der Waals surface area contributed by atoms with Gasteiger partial charge in [0, 0.05) is 5.56 Å². The summed E-state index contributed by atoms with van der Waals surface area (Å²) in [6, 6.07) is 18.3. The molecule has 132 valence electrons. The molecule has 2 aromatic carbocycles. The Balaban J connectivity index is 1.70. The van der Waals surface area contributed by atoms with Gasteiger partial charge in [-0.15, -0.1) is 0 Å². The van der Waals surface area contributed by atoms with Gasteiger partial charge in [0.05, 0.1) is 31.2 Å². The zero-order chi connectivity index (χ0) is 18.4. The lowest BCUT2D eigenvalue weighted by atomic mass is 10.1. The van der Waals surface area contributed by atoms with Crippen LogP contribution in [0.5, 0.6) is 5.75 Å². The van der Waals surface area contributed by atoms with Crippen LogP contribution in [0.3, 0.4) is 0 Å². The van der Waals surface area contributed by atoms with Gasteiger partial charge in [0.1, 0.15) is 17.3 Å². The highest BCUT2D eigenvalue weighted by Gasteiger charge is 2.08. The van der Waals surface area contributed by atoms with Crippen LogP contribution < -0.4 is 4.74 Å². The standard InChI is InChI=1S/C21H19NO4/c1-3-25-21(23)16-6-4-15(5-7-16)20-13-12-19(26-20)14-22-17-8-10-18(24-2)11-9-17/h4-14H,3H2,1-2H3. The Bertz CT molecular complexity index is 893. The molecule has 0 N–H and O–H groups in total. The van der Waals surface area contributed by atoms with Crippen LogP contribution in [0.4, 0.5) is 5.69 Å². The maximum atomic E-state index is 11.7. The van der Waals surface area contributed by atoms with Crippen molar-refractivity contribution in [3.63, 3.8) is 0 Å². The van der Waals surface area contributed by atoms with Crippen LogP contribution in [0.1, 0.15) is 23.0 Å². The SMILES string of the molecule is CCOC(=O)c1ccc(-c2ccc(C=Nc3ccc(OC)cc3)o2)cc1. The van der Waals surface area contributed by atoms with Crippen molar-refractivity contribution in [3.8, 4) is 17.1 Å². The van der Waals surface area contributed by atoms with Gasteiger partial charge in [0.25, 0.3) is 0 Å². The summed E-state index contributed by atoms with van der Waals surface area (Å²) in [4.78, 5) is 16.1. The molecule has 0 aliphatic rings.